The number of piperidine rings is 1. The quantitative estimate of drug-likeness (QED) is 0.677. The standard InChI is InChI=1S/C20H38N2O4S/c1-5-7-20(23)22-13-6-8-18(21-27(4,24)25)19(22)14-26-17-11-9-16(10-12-17)15(2)3/h15-19,21H,5-14H2,1-4H3/t16-,17+,18-,19-/m0/s1. The fourth-order valence-electron chi connectivity index (χ4n) is 4.50. The van der Waals surface area contributed by atoms with Crippen molar-refractivity contribution in [2.45, 2.75) is 90.3 Å². The topological polar surface area (TPSA) is 75.7 Å². The van der Waals surface area contributed by atoms with E-state index in [-0.39, 0.29) is 24.1 Å². The second-order valence-electron chi connectivity index (χ2n) is 8.66. The van der Waals surface area contributed by atoms with Crippen molar-refractivity contribution in [1.29, 1.82) is 0 Å². The third-order valence-corrected chi connectivity index (χ3v) is 6.82. The normalized spacial score (nSPS) is 29.9. The Labute approximate surface area is 165 Å². The van der Waals surface area contributed by atoms with E-state index in [2.05, 4.69) is 18.6 Å². The number of rotatable bonds is 8. The van der Waals surface area contributed by atoms with Gasteiger partial charge in [0.2, 0.25) is 15.9 Å². The Morgan fingerprint density at radius 1 is 1.19 bits per heavy atom. The molecule has 0 spiro atoms. The average Bonchev–Trinajstić information content (AvgIpc) is 2.59. The smallest absolute Gasteiger partial charge is 0.222 e. The van der Waals surface area contributed by atoms with Crippen LogP contribution in [0.25, 0.3) is 0 Å². The number of amides is 1. The van der Waals surface area contributed by atoms with E-state index in [1.165, 1.54) is 19.1 Å². The molecule has 0 bridgehead atoms. The summed E-state index contributed by atoms with van der Waals surface area (Å²) in [6.45, 7) is 7.67. The Bertz CT molecular complexity index is 571. The zero-order valence-electron chi connectivity index (χ0n) is 17.4. The molecule has 0 radical (unpaired) electrons. The molecule has 27 heavy (non-hydrogen) atoms. The summed E-state index contributed by atoms with van der Waals surface area (Å²) in [5, 5.41) is 0. The van der Waals surface area contributed by atoms with Gasteiger partial charge in [-0.2, -0.15) is 0 Å². The second-order valence-corrected chi connectivity index (χ2v) is 10.4. The Morgan fingerprint density at radius 2 is 1.85 bits per heavy atom. The minimum Gasteiger partial charge on any atom is -0.376 e. The van der Waals surface area contributed by atoms with Crippen molar-refractivity contribution >= 4 is 15.9 Å². The number of carbonyl (C=O) groups excluding carboxylic acids is 1. The molecule has 1 aliphatic carbocycles. The number of hydrogen-bond acceptors (Lipinski definition) is 4. The number of carbonyl (C=O) groups is 1. The number of nitrogens with one attached hydrogen (secondary N) is 1. The molecular weight excluding hydrogens is 364 g/mol. The minimum atomic E-state index is -3.32. The monoisotopic (exact) mass is 402 g/mol. The van der Waals surface area contributed by atoms with Crippen LogP contribution < -0.4 is 4.72 Å². The summed E-state index contributed by atoms with van der Waals surface area (Å²) >= 11 is 0. The number of nitrogens with zero attached hydrogens (tertiary/aromatic N) is 1. The van der Waals surface area contributed by atoms with Crippen molar-refractivity contribution in [1.82, 2.24) is 9.62 Å². The first-order chi connectivity index (χ1) is 12.7. The summed E-state index contributed by atoms with van der Waals surface area (Å²) in [4.78, 5) is 14.4. The van der Waals surface area contributed by atoms with Gasteiger partial charge in [-0.25, -0.2) is 13.1 Å². The van der Waals surface area contributed by atoms with Crippen LogP contribution in [-0.2, 0) is 19.6 Å². The highest BCUT2D eigenvalue weighted by Gasteiger charge is 2.36. The van der Waals surface area contributed by atoms with E-state index in [0.29, 0.717) is 19.6 Å². The van der Waals surface area contributed by atoms with Gasteiger partial charge in [0.15, 0.2) is 0 Å². The molecule has 1 amide bonds. The zero-order chi connectivity index (χ0) is 20.0. The molecule has 7 heteroatoms. The zero-order valence-corrected chi connectivity index (χ0v) is 18.3. The van der Waals surface area contributed by atoms with Gasteiger partial charge in [0.1, 0.15) is 0 Å². The Hall–Kier alpha value is -0.660. The van der Waals surface area contributed by atoms with Crippen molar-refractivity contribution in [3.8, 4) is 0 Å². The third kappa shape index (κ3) is 7.02. The van der Waals surface area contributed by atoms with E-state index >= 15 is 0 Å². The van der Waals surface area contributed by atoms with Gasteiger partial charge in [0, 0.05) is 19.0 Å². The van der Waals surface area contributed by atoms with Crippen LogP contribution in [0.3, 0.4) is 0 Å². The molecule has 2 fully saturated rings. The Kier molecular flexibility index (Phi) is 8.56. The van der Waals surface area contributed by atoms with E-state index in [4.69, 9.17) is 4.74 Å². The predicted octanol–water partition coefficient (Wildman–Crippen LogP) is 2.93. The van der Waals surface area contributed by atoms with Crippen LogP contribution in [0, 0.1) is 11.8 Å². The van der Waals surface area contributed by atoms with E-state index < -0.39 is 10.0 Å². The molecule has 1 saturated carbocycles. The average molecular weight is 403 g/mol. The second kappa shape index (κ2) is 10.2. The van der Waals surface area contributed by atoms with Crippen LogP contribution >= 0.6 is 0 Å². The van der Waals surface area contributed by atoms with Gasteiger partial charge in [-0.15, -0.1) is 0 Å². The van der Waals surface area contributed by atoms with Crippen molar-refractivity contribution in [2.24, 2.45) is 11.8 Å². The summed E-state index contributed by atoms with van der Waals surface area (Å²) in [7, 11) is -3.32. The Morgan fingerprint density at radius 3 is 2.41 bits per heavy atom. The number of likely N-dealkylation sites (tertiary alicyclic amines) is 1. The lowest BCUT2D eigenvalue weighted by atomic mass is 9.80. The summed E-state index contributed by atoms with van der Waals surface area (Å²) in [6.07, 6.45) is 8.77. The number of sulfonamides is 1. The first-order valence-electron chi connectivity index (χ1n) is 10.6. The lowest BCUT2D eigenvalue weighted by molar-refractivity contribution is -0.138. The molecule has 2 atom stereocenters. The van der Waals surface area contributed by atoms with Gasteiger partial charge in [-0.3, -0.25) is 4.79 Å². The van der Waals surface area contributed by atoms with E-state index in [0.717, 1.165) is 43.9 Å². The predicted molar refractivity (Wildman–Crippen MR) is 108 cm³/mol. The van der Waals surface area contributed by atoms with Crippen LogP contribution in [0.4, 0.5) is 0 Å². The highest BCUT2D eigenvalue weighted by Crippen LogP contribution is 2.32. The lowest BCUT2D eigenvalue weighted by Gasteiger charge is -2.42. The van der Waals surface area contributed by atoms with Gasteiger partial charge in [-0.05, 0) is 56.8 Å². The maximum atomic E-state index is 12.6. The molecule has 0 unspecified atom stereocenters. The highest BCUT2D eigenvalue weighted by atomic mass is 32.2. The number of hydrogen-bond donors (Lipinski definition) is 1. The van der Waals surface area contributed by atoms with Gasteiger partial charge >= 0.3 is 0 Å². The number of ether oxygens (including phenoxy) is 1. The molecule has 0 aromatic carbocycles. The molecule has 2 rings (SSSR count). The molecule has 1 heterocycles. The minimum absolute atomic E-state index is 0.106. The third-order valence-electron chi connectivity index (χ3n) is 6.09. The van der Waals surface area contributed by atoms with E-state index in [1.807, 2.05) is 11.8 Å². The summed E-state index contributed by atoms with van der Waals surface area (Å²) < 4.78 is 32.6. The largest absolute Gasteiger partial charge is 0.376 e. The molecule has 0 aromatic heterocycles. The Balaban J connectivity index is 2.00. The van der Waals surface area contributed by atoms with Gasteiger partial charge < -0.3 is 9.64 Å². The van der Waals surface area contributed by atoms with Crippen molar-refractivity contribution in [2.75, 3.05) is 19.4 Å². The van der Waals surface area contributed by atoms with Crippen molar-refractivity contribution in [3.05, 3.63) is 0 Å². The summed E-state index contributed by atoms with van der Waals surface area (Å²) in [6, 6.07) is -0.475. The van der Waals surface area contributed by atoms with E-state index in [9.17, 15) is 13.2 Å². The summed E-state index contributed by atoms with van der Waals surface area (Å²) in [5.41, 5.74) is 0. The molecule has 0 aromatic rings. The molecule has 1 saturated heterocycles. The fourth-order valence-corrected chi connectivity index (χ4v) is 5.32. The van der Waals surface area contributed by atoms with Gasteiger partial charge in [0.05, 0.1) is 25.0 Å². The first kappa shape index (κ1) is 22.6. The lowest BCUT2D eigenvalue weighted by Crippen LogP contribution is -2.59. The van der Waals surface area contributed by atoms with Gasteiger partial charge in [0.25, 0.3) is 0 Å². The van der Waals surface area contributed by atoms with Gasteiger partial charge in [-0.1, -0.05) is 20.8 Å². The first-order valence-corrected chi connectivity index (χ1v) is 12.5. The molecule has 158 valence electrons. The maximum absolute atomic E-state index is 12.6. The SMILES string of the molecule is CCCC(=O)N1CCC[C@H](NS(C)(=O)=O)[C@@H]1CO[C@H]1CC[C@@H](C(C)C)CC1. The van der Waals surface area contributed by atoms with Crippen LogP contribution in [0.5, 0.6) is 0 Å². The van der Waals surface area contributed by atoms with Crippen LogP contribution in [0.2, 0.25) is 0 Å². The molecule has 1 N–H and O–H groups in total. The van der Waals surface area contributed by atoms with Crippen LogP contribution in [-0.4, -0.2) is 56.8 Å². The molecular formula is C20H38N2O4S. The van der Waals surface area contributed by atoms with Crippen molar-refractivity contribution < 1.29 is 17.9 Å². The van der Waals surface area contributed by atoms with E-state index in [1.54, 1.807) is 0 Å². The molecule has 6 nitrogen and oxygen atoms in total. The van der Waals surface area contributed by atoms with Crippen LogP contribution in [0.15, 0.2) is 0 Å². The molecule has 1 aliphatic heterocycles. The van der Waals surface area contributed by atoms with Crippen molar-refractivity contribution in [3.63, 3.8) is 0 Å². The maximum Gasteiger partial charge on any atom is 0.222 e. The molecule has 2 aliphatic rings. The fraction of sp³-hybridized carbons (Fsp3) is 0.950. The summed E-state index contributed by atoms with van der Waals surface area (Å²) in [5.74, 6) is 1.60. The highest BCUT2D eigenvalue weighted by molar-refractivity contribution is 7.88. The van der Waals surface area contributed by atoms with Crippen LogP contribution in [0.1, 0.15) is 72.1 Å².